The summed E-state index contributed by atoms with van der Waals surface area (Å²) in [6.07, 6.45) is 0. The lowest BCUT2D eigenvalue weighted by Gasteiger charge is -2.37. The summed E-state index contributed by atoms with van der Waals surface area (Å²) >= 11 is 0. The van der Waals surface area contributed by atoms with Crippen molar-refractivity contribution in [1.29, 1.82) is 0 Å². The third kappa shape index (κ3) is 5.11. The first-order valence-corrected chi connectivity index (χ1v) is 19.4. The minimum Gasteiger partial charge on any atom is -0.357 e. The summed E-state index contributed by atoms with van der Waals surface area (Å²) in [5, 5.41) is 13.9. The molecular formula is C54H38N2. The molecule has 0 spiro atoms. The summed E-state index contributed by atoms with van der Waals surface area (Å²) in [4.78, 5) is 2.42. The fraction of sp³-hybridized carbons (Fsp3) is 0.0370. The van der Waals surface area contributed by atoms with E-state index in [2.05, 4.69) is 223 Å². The monoisotopic (exact) mass is 714 g/mol. The van der Waals surface area contributed by atoms with Crippen LogP contribution in [0.25, 0.3) is 76.5 Å². The zero-order chi connectivity index (χ0) is 37.2. The number of anilines is 3. The largest absolute Gasteiger partial charge is 0.357 e. The second kappa shape index (κ2) is 12.7. The molecule has 1 aliphatic rings. The summed E-state index contributed by atoms with van der Waals surface area (Å²) < 4.78 is 0. The van der Waals surface area contributed by atoms with E-state index in [0.29, 0.717) is 0 Å². The summed E-state index contributed by atoms with van der Waals surface area (Å²) in [5.74, 6) is 0. The van der Waals surface area contributed by atoms with E-state index in [0.717, 1.165) is 11.4 Å². The van der Waals surface area contributed by atoms with E-state index in [1.54, 1.807) is 0 Å². The van der Waals surface area contributed by atoms with Gasteiger partial charge in [0.25, 0.3) is 0 Å². The highest BCUT2D eigenvalue weighted by molar-refractivity contribution is 6.22. The number of rotatable bonds is 5. The Kier molecular flexibility index (Phi) is 7.33. The lowest BCUT2D eigenvalue weighted by atomic mass is 9.84. The van der Waals surface area contributed by atoms with Crippen LogP contribution in [-0.4, -0.2) is 0 Å². The van der Waals surface area contributed by atoms with Gasteiger partial charge in [0.15, 0.2) is 0 Å². The van der Waals surface area contributed by atoms with Crippen molar-refractivity contribution in [3.05, 3.63) is 212 Å². The normalized spacial score (nSPS) is 15.1. The van der Waals surface area contributed by atoms with Crippen molar-refractivity contribution < 1.29 is 0 Å². The number of fused-ring (bicyclic) bond motifs is 5. The van der Waals surface area contributed by atoms with Crippen molar-refractivity contribution in [1.82, 2.24) is 0 Å². The maximum atomic E-state index is 3.87. The Morgan fingerprint density at radius 3 is 1.54 bits per heavy atom. The third-order valence-electron chi connectivity index (χ3n) is 11.9. The molecule has 0 aliphatic carbocycles. The molecule has 0 radical (unpaired) electrons. The molecule has 0 aromatic heterocycles. The van der Waals surface area contributed by atoms with Crippen molar-refractivity contribution >= 4 is 60.2 Å². The molecule has 2 heteroatoms. The number of hydrogen-bond donors (Lipinski definition) is 1. The van der Waals surface area contributed by atoms with Gasteiger partial charge < -0.3 is 10.2 Å². The zero-order valence-electron chi connectivity index (χ0n) is 31.1. The first kappa shape index (κ1) is 32.3. The van der Waals surface area contributed by atoms with Gasteiger partial charge in [-0.25, -0.2) is 0 Å². The maximum absolute atomic E-state index is 3.87. The molecule has 1 unspecified atom stereocenters. The van der Waals surface area contributed by atoms with Crippen LogP contribution in [0, 0.1) is 0 Å². The molecule has 10 aromatic rings. The predicted octanol–water partition coefficient (Wildman–Crippen LogP) is 14.7. The smallest absolute Gasteiger partial charge is 0.138 e. The van der Waals surface area contributed by atoms with Crippen LogP contribution in [0.5, 0.6) is 0 Å². The molecule has 0 saturated carbocycles. The molecule has 0 fully saturated rings. The fourth-order valence-corrected chi connectivity index (χ4v) is 9.17. The third-order valence-corrected chi connectivity index (χ3v) is 11.9. The van der Waals surface area contributed by atoms with Gasteiger partial charge in [0.2, 0.25) is 0 Å². The van der Waals surface area contributed by atoms with Crippen LogP contribution in [0.3, 0.4) is 0 Å². The fourth-order valence-electron chi connectivity index (χ4n) is 9.17. The van der Waals surface area contributed by atoms with Crippen molar-refractivity contribution in [2.24, 2.45) is 0 Å². The molecule has 11 rings (SSSR count). The van der Waals surface area contributed by atoms with Crippen molar-refractivity contribution in [2.45, 2.75) is 12.6 Å². The van der Waals surface area contributed by atoms with E-state index < -0.39 is 5.66 Å². The molecule has 1 atom stereocenters. The van der Waals surface area contributed by atoms with Crippen LogP contribution in [0.4, 0.5) is 17.1 Å². The zero-order valence-corrected chi connectivity index (χ0v) is 31.1. The Labute approximate surface area is 326 Å². The minimum absolute atomic E-state index is 0.468. The summed E-state index contributed by atoms with van der Waals surface area (Å²) in [6, 6.07) is 75.6. The van der Waals surface area contributed by atoms with Crippen LogP contribution in [0.15, 0.2) is 206 Å². The Balaban J connectivity index is 1.10. The number of benzene rings is 10. The van der Waals surface area contributed by atoms with Gasteiger partial charge in [-0.3, -0.25) is 0 Å². The Morgan fingerprint density at radius 2 is 0.875 bits per heavy atom. The van der Waals surface area contributed by atoms with E-state index in [1.807, 2.05) is 0 Å². The molecule has 2 nitrogen and oxygen atoms in total. The minimum atomic E-state index is -0.468. The highest BCUT2D eigenvalue weighted by atomic mass is 15.4. The van der Waals surface area contributed by atoms with Crippen LogP contribution < -0.4 is 10.2 Å². The van der Waals surface area contributed by atoms with Crippen LogP contribution in [0.2, 0.25) is 0 Å². The van der Waals surface area contributed by atoms with Gasteiger partial charge >= 0.3 is 0 Å². The van der Waals surface area contributed by atoms with Gasteiger partial charge in [-0.15, -0.1) is 0 Å². The second-order valence-electron chi connectivity index (χ2n) is 15.1. The lowest BCUT2D eigenvalue weighted by Crippen LogP contribution is -2.42. The average Bonchev–Trinajstić information content (AvgIpc) is 3.58. The summed E-state index contributed by atoms with van der Waals surface area (Å²) in [6.45, 7) is 2.28. The Hall–Kier alpha value is -7.16. The lowest BCUT2D eigenvalue weighted by molar-refractivity contribution is 0.577. The number of para-hydroxylation sites is 3. The highest BCUT2D eigenvalue weighted by Crippen LogP contribution is 2.50. The van der Waals surface area contributed by atoms with Crippen LogP contribution >= 0.6 is 0 Å². The average molecular weight is 715 g/mol. The maximum Gasteiger partial charge on any atom is 0.138 e. The molecule has 1 aliphatic heterocycles. The van der Waals surface area contributed by atoms with Crippen molar-refractivity contribution in [3.8, 4) is 33.4 Å². The standard InChI is InChI=1S/C54H38N2/c1-54(55-50-21-11-12-22-51(50)56(54)45-17-3-2-4-18-45)44-30-27-38(28-31-44)41-29-32-48-49(35-41)53(43-26-24-37-14-6-8-16-40(37)34-43)47-20-10-9-19-46(47)52(48)42-25-23-36-13-5-7-15-39(36)33-42/h2-35,55H,1H3. The molecule has 1 N–H and O–H groups in total. The van der Waals surface area contributed by atoms with Crippen LogP contribution in [-0.2, 0) is 5.66 Å². The number of nitrogens with one attached hydrogen (secondary N) is 1. The SMILES string of the molecule is CC1(c2ccc(-c3ccc4c(-c5ccc6ccccc6c5)c5ccccc5c(-c5ccc6ccccc6c5)c4c3)cc2)Nc2ccccc2N1c1ccccc1. The highest BCUT2D eigenvalue weighted by Gasteiger charge is 2.41. The summed E-state index contributed by atoms with van der Waals surface area (Å²) in [5.41, 5.74) is 11.6. The van der Waals surface area contributed by atoms with Gasteiger partial charge in [0.05, 0.1) is 11.4 Å². The van der Waals surface area contributed by atoms with Gasteiger partial charge in [-0.05, 0) is 131 Å². The first-order chi connectivity index (χ1) is 27.6. The van der Waals surface area contributed by atoms with Gasteiger partial charge in [0, 0.05) is 5.69 Å². The second-order valence-corrected chi connectivity index (χ2v) is 15.1. The van der Waals surface area contributed by atoms with E-state index in [9.17, 15) is 0 Å². The van der Waals surface area contributed by atoms with Crippen molar-refractivity contribution in [2.75, 3.05) is 10.2 Å². The van der Waals surface area contributed by atoms with E-state index in [-0.39, 0.29) is 0 Å². The summed E-state index contributed by atoms with van der Waals surface area (Å²) in [7, 11) is 0. The Bertz CT molecular complexity index is 3130. The van der Waals surface area contributed by atoms with E-state index >= 15 is 0 Å². The number of hydrogen-bond acceptors (Lipinski definition) is 2. The molecule has 56 heavy (non-hydrogen) atoms. The number of nitrogens with zero attached hydrogens (tertiary/aromatic N) is 1. The van der Waals surface area contributed by atoms with Crippen molar-refractivity contribution in [3.63, 3.8) is 0 Å². The molecule has 1 heterocycles. The van der Waals surface area contributed by atoms with E-state index in [4.69, 9.17) is 0 Å². The van der Waals surface area contributed by atoms with Gasteiger partial charge in [0.1, 0.15) is 5.66 Å². The first-order valence-electron chi connectivity index (χ1n) is 19.4. The van der Waals surface area contributed by atoms with Gasteiger partial charge in [-0.1, -0.05) is 164 Å². The predicted molar refractivity (Wildman–Crippen MR) is 239 cm³/mol. The van der Waals surface area contributed by atoms with E-state index in [1.165, 1.54) is 87.7 Å². The van der Waals surface area contributed by atoms with Crippen LogP contribution in [0.1, 0.15) is 12.5 Å². The van der Waals surface area contributed by atoms with Gasteiger partial charge in [-0.2, -0.15) is 0 Å². The Morgan fingerprint density at radius 1 is 0.375 bits per heavy atom. The topological polar surface area (TPSA) is 15.3 Å². The quantitative estimate of drug-likeness (QED) is 0.179. The molecule has 264 valence electrons. The molecule has 0 bridgehead atoms. The molecular weight excluding hydrogens is 677 g/mol. The molecule has 0 saturated heterocycles. The molecule has 10 aromatic carbocycles. The molecule has 0 amide bonds.